The normalized spacial score (nSPS) is 14.8. The Labute approximate surface area is 196 Å². The predicted molar refractivity (Wildman–Crippen MR) is 136 cm³/mol. The summed E-state index contributed by atoms with van der Waals surface area (Å²) in [5.41, 5.74) is 1.71. The van der Waals surface area contributed by atoms with Crippen LogP contribution in [-0.4, -0.2) is 48.3 Å². The molecule has 32 heavy (non-hydrogen) atoms. The monoisotopic (exact) mass is 447 g/mol. The summed E-state index contributed by atoms with van der Waals surface area (Å²) >= 11 is 0. The summed E-state index contributed by atoms with van der Waals surface area (Å²) in [5, 5.41) is 3.08. The third-order valence-electron chi connectivity index (χ3n) is 4.32. The molecule has 1 N–H and O–H groups in total. The van der Waals surface area contributed by atoms with Crippen molar-refractivity contribution in [1.29, 1.82) is 0 Å². The second-order valence-electron chi connectivity index (χ2n) is 6.48. The minimum absolute atomic E-state index is 0.00895. The zero-order chi connectivity index (χ0) is 24.9. The zero-order valence-electron chi connectivity index (χ0n) is 21.5. The SMILES string of the molecule is C=C/C=C(\NC)c1ccc(OC[C@@H]2CCCN(C(=O)CC(C)=O)C2)cn1.CC.CC.CC. The molecule has 0 saturated carbocycles. The Bertz CT molecular complexity index is 669. The standard InChI is InChI=1S/C20H27N3O3.3C2H6/c1-4-6-18(21-3)19-9-8-17(12-22-19)26-14-16-7-5-10-23(13-16)20(25)11-15(2)24;3*1-2/h4,6,8-9,12,16,21H,1,5,7,10-11,13-14H2,2-3H3;3*1-2H3/b18-6-;;;/t16-;;;/m1.../s1. The molecule has 182 valence electrons. The molecule has 1 aliphatic rings. The van der Waals surface area contributed by atoms with Crippen LogP contribution < -0.4 is 10.1 Å². The Morgan fingerprint density at radius 2 is 1.88 bits per heavy atom. The second kappa shape index (κ2) is 20.3. The average Bonchev–Trinajstić information content (AvgIpc) is 2.85. The number of nitrogens with one attached hydrogen (secondary N) is 1. The van der Waals surface area contributed by atoms with E-state index in [0.717, 1.165) is 30.8 Å². The molecular weight excluding hydrogens is 402 g/mol. The summed E-state index contributed by atoms with van der Waals surface area (Å²) in [6.07, 6.45) is 7.21. The van der Waals surface area contributed by atoms with Crippen molar-refractivity contribution in [3.63, 3.8) is 0 Å². The van der Waals surface area contributed by atoms with E-state index in [1.54, 1.807) is 17.2 Å². The van der Waals surface area contributed by atoms with Gasteiger partial charge in [-0.1, -0.05) is 54.2 Å². The number of rotatable bonds is 8. The quantitative estimate of drug-likeness (QED) is 0.421. The van der Waals surface area contributed by atoms with Gasteiger partial charge in [0.2, 0.25) is 5.91 Å². The number of pyridine rings is 1. The van der Waals surface area contributed by atoms with Crippen molar-refractivity contribution in [1.82, 2.24) is 15.2 Å². The summed E-state index contributed by atoms with van der Waals surface area (Å²) in [6, 6.07) is 3.78. The molecular formula is C26H45N3O3. The number of carbonyl (C=O) groups is 2. The molecule has 6 nitrogen and oxygen atoms in total. The first-order valence-electron chi connectivity index (χ1n) is 11.9. The average molecular weight is 448 g/mol. The molecule has 0 unspecified atom stereocenters. The molecule has 1 aliphatic heterocycles. The Kier molecular flexibility index (Phi) is 20.0. The molecule has 0 aromatic carbocycles. The van der Waals surface area contributed by atoms with Gasteiger partial charge in [0.25, 0.3) is 0 Å². The van der Waals surface area contributed by atoms with E-state index in [0.29, 0.717) is 18.9 Å². The Hall–Kier alpha value is -2.63. The Balaban J connectivity index is 0. The minimum atomic E-state index is -0.0917. The van der Waals surface area contributed by atoms with Crippen LogP contribution >= 0.6 is 0 Å². The van der Waals surface area contributed by atoms with Crippen LogP contribution in [0.15, 0.2) is 37.1 Å². The number of hydrogen-bond donors (Lipinski definition) is 1. The van der Waals surface area contributed by atoms with E-state index in [-0.39, 0.29) is 24.0 Å². The largest absolute Gasteiger partial charge is 0.492 e. The van der Waals surface area contributed by atoms with E-state index in [1.807, 2.05) is 66.8 Å². The highest BCUT2D eigenvalue weighted by atomic mass is 16.5. The molecule has 1 aromatic heterocycles. The highest BCUT2D eigenvalue weighted by Crippen LogP contribution is 2.20. The molecule has 2 heterocycles. The third kappa shape index (κ3) is 12.3. The number of allylic oxidation sites excluding steroid dienone is 2. The molecule has 0 spiro atoms. The summed E-state index contributed by atoms with van der Waals surface area (Å²) in [6.45, 7) is 19.0. The molecule has 1 fully saturated rings. The smallest absolute Gasteiger partial charge is 0.230 e. The van der Waals surface area contributed by atoms with Gasteiger partial charge in [0.1, 0.15) is 11.5 Å². The van der Waals surface area contributed by atoms with Crippen molar-refractivity contribution in [2.75, 3.05) is 26.7 Å². The van der Waals surface area contributed by atoms with Gasteiger partial charge in [-0.2, -0.15) is 0 Å². The van der Waals surface area contributed by atoms with Gasteiger partial charge in [0, 0.05) is 26.1 Å². The topological polar surface area (TPSA) is 71.5 Å². The number of ketones is 1. The number of likely N-dealkylation sites (tertiary alicyclic amines) is 1. The first-order chi connectivity index (χ1) is 15.5. The zero-order valence-corrected chi connectivity index (χ0v) is 21.5. The van der Waals surface area contributed by atoms with Crippen LogP contribution in [0.3, 0.4) is 0 Å². The molecule has 1 atom stereocenters. The first-order valence-corrected chi connectivity index (χ1v) is 11.9. The molecule has 2 rings (SSSR count). The molecule has 0 bridgehead atoms. The van der Waals surface area contributed by atoms with Gasteiger partial charge in [-0.3, -0.25) is 14.6 Å². The molecule has 0 radical (unpaired) electrons. The summed E-state index contributed by atoms with van der Waals surface area (Å²) < 4.78 is 5.86. The number of amides is 1. The van der Waals surface area contributed by atoms with E-state index >= 15 is 0 Å². The van der Waals surface area contributed by atoms with Crippen molar-refractivity contribution in [2.45, 2.75) is 67.7 Å². The lowest BCUT2D eigenvalue weighted by molar-refractivity contribution is -0.136. The summed E-state index contributed by atoms with van der Waals surface area (Å²) in [4.78, 5) is 29.4. The highest BCUT2D eigenvalue weighted by Gasteiger charge is 2.24. The number of Topliss-reactive ketones (excluding diaryl/α,β-unsaturated/α-hetero) is 1. The third-order valence-corrected chi connectivity index (χ3v) is 4.32. The van der Waals surface area contributed by atoms with Crippen LogP contribution in [0.4, 0.5) is 0 Å². The number of hydrogen-bond acceptors (Lipinski definition) is 5. The van der Waals surface area contributed by atoms with Crippen molar-refractivity contribution >= 4 is 17.4 Å². The van der Waals surface area contributed by atoms with Gasteiger partial charge in [0.15, 0.2) is 0 Å². The van der Waals surface area contributed by atoms with Gasteiger partial charge in [-0.05, 0) is 38.0 Å². The van der Waals surface area contributed by atoms with Crippen molar-refractivity contribution < 1.29 is 14.3 Å². The van der Waals surface area contributed by atoms with E-state index in [1.165, 1.54) is 6.92 Å². The lowest BCUT2D eigenvalue weighted by Crippen LogP contribution is -2.42. The maximum Gasteiger partial charge on any atom is 0.230 e. The number of aromatic nitrogens is 1. The summed E-state index contributed by atoms with van der Waals surface area (Å²) in [7, 11) is 1.84. The number of nitrogens with zero attached hydrogens (tertiary/aromatic N) is 2. The number of carbonyl (C=O) groups excluding carboxylic acids is 2. The van der Waals surface area contributed by atoms with Gasteiger partial charge >= 0.3 is 0 Å². The van der Waals surface area contributed by atoms with Crippen molar-refractivity contribution in [3.05, 3.63) is 42.8 Å². The van der Waals surface area contributed by atoms with Gasteiger partial charge in [-0.25, -0.2) is 0 Å². The fourth-order valence-electron chi connectivity index (χ4n) is 3.01. The molecule has 0 aliphatic carbocycles. The van der Waals surface area contributed by atoms with E-state index < -0.39 is 0 Å². The van der Waals surface area contributed by atoms with Gasteiger partial charge in [-0.15, -0.1) is 0 Å². The molecule has 6 heteroatoms. The van der Waals surface area contributed by atoms with Crippen LogP contribution in [-0.2, 0) is 9.59 Å². The van der Waals surface area contributed by atoms with Crippen LogP contribution in [0.25, 0.3) is 5.70 Å². The predicted octanol–water partition coefficient (Wildman–Crippen LogP) is 5.50. The van der Waals surface area contributed by atoms with Crippen LogP contribution in [0.1, 0.15) is 73.4 Å². The van der Waals surface area contributed by atoms with Crippen molar-refractivity contribution in [3.8, 4) is 5.75 Å². The van der Waals surface area contributed by atoms with Crippen LogP contribution in [0.5, 0.6) is 5.75 Å². The second-order valence-corrected chi connectivity index (χ2v) is 6.48. The van der Waals surface area contributed by atoms with Crippen LogP contribution in [0, 0.1) is 5.92 Å². The molecule has 1 aromatic rings. The minimum Gasteiger partial charge on any atom is -0.492 e. The Morgan fingerprint density at radius 1 is 1.22 bits per heavy atom. The number of ether oxygens (including phenoxy) is 1. The number of piperidine rings is 1. The highest BCUT2D eigenvalue weighted by molar-refractivity contribution is 5.96. The molecule has 1 saturated heterocycles. The van der Waals surface area contributed by atoms with E-state index in [2.05, 4.69) is 16.9 Å². The lowest BCUT2D eigenvalue weighted by Gasteiger charge is -2.32. The van der Waals surface area contributed by atoms with Gasteiger partial charge in [0.05, 0.1) is 30.6 Å². The lowest BCUT2D eigenvalue weighted by atomic mass is 9.98. The van der Waals surface area contributed by atoms with Crippen molar-refractivity contribution in [2.24, 2.45) is 5.92 Å². The fourth-order valence-corrected chi connectivity index (χ4v) is 3.01. The maximum absolute atomic E-state index is 12.0. The first kappa shape index (κ1) is 31.6. The van der Waals surface area contributed by atoms with E-state index in [9.17, 15) is 9.59 Å². The fraction of sp³-hybridized carbons (Fsp3) is 0.577. The maximum atomic E-state index is 12.0. The van der Waals surface area contributed by atoms with E-state index in [4.69, 9.17) is 4.74 Å². The summed E-state index contributed by atoms with van der Waals surface area (Å²) in [5.74, 6) is 0.802. The molecule has 1 amide bonds. The van der Waals surface area contributed by atoms with Gasteiger partial charge < -0.3 is 15.0 Å². The Morgan fingerprint density at radius 3 is 2.38 bits per heavy atom. The van der Waals surface area contributed by atoms with Crippen LogP contribution in [0.2, 0.25) is 0 Å².